The first-order valence-electron chi connectivity index (χ1n) is 8.65. The van der Waals surface area contributed by atoms with E-state index in [0.29, 0.717) is 5.56 Å². The Labute approximate surface area is 159 Å². The van der Waals surface area contributed by atoms with E-state index in [1.807, 2.05) is 24.4 Å². The number of aromatic nitrogens is 2. The largest absolute Gasteiger partial charge is 0.490 e. The molecule has 3 rings (SSSR count). The van der Waals surface area contributed by atoms with Crippen molar-refractivity contribution < 1.29 is 27.5 Å². The highest BCUT2D eigenvalue weighted by Crippen LogP contribution is 2.25. The van der Waals surface area contributed by atoms with E-state index in [1.165, 1.54) is 12.5 Å². The molecule has 0 aliphatic rings. The standard InChI is InChI=1S/C18H19FN2.C2HF3O2/c1-3-4-8-21-9-7-17-18(21)11-15(12-20-17)14-5-6-16(19)13(2)10-14;3-2(4,5)1(6)7/h5-7,9-12H,3-4,8H2,1-2H3;(H,6,7). The van der Waals surface area contributed by atoms with E-state index in [1.54, 1.807) is 6.92 Å². The molecule has 4 nitrogen and oxygen atoms in total. The molecule has 0 saturated carbocycles. The molecule has 1 N–H and O–H groups in total. The fourth-order valence-electron chi connectivity index (χ4n) is 2.57. The summed E-state index contributed by atoms with van der Waals surface area (Å²) in [5.74, 6) is -2.92. The van der Waals surface area contributed by atoms with Gasteiger partial charge in [0.05, 0.1) is 11.0 Å². The maximum absolute atomic E-state index is 13.4. The molecule has 0 atom stereocenters. The van der Waals surface area contributed by atoms with Crippen LogP contribution in [0.1, 0.15) is 25.3 Å². The lowest BCUT2D eigenvalue weighted by atomic mass is 10.0. The van der Waals surface area contributed by atoms with Crippen molar-refractivity contribution in [2.75, 3.05) is 0 Å². The summed E-state index contributed by atoms with van der Waals surface area (Å²) in [5, 5.41) is 7.12. The SMILES string of the molecule is CCCCn1ccc2ncc(-c3ccc(F)c(C)c3)cc21.O=C(O)C(F)(F)F. The number of halogens is 4. The van der Waals surface area contributed by atoms with E-state index in [-0.39, 0.29) is 5.82 Å². The Bertz CT molecular complexity index is 964. The zero-order valence-electron chi connectivity index (χ0n) is 15.4. The van der Waals surface area contributed by atoms with Gasteiger partial charge in [-0.15, -0.1) is 0 Å². The van der Waals surface area contributed by atoms with Crippen LogP contribution in [0.25, 0.3) is 22.2 Å². The van der Waals surface area contributed by atoms with Crippen molar-refractivity contribution in [2.45, 2.75) is 39.4 Å². The summed E-state index contributed by atoms with van der Waals surface area (Å²) in [6.45, 7) is 4.99. The number of hydrogen-bond donors (Lipinski definition) is 1. The van der Waals surface area contributed by atoms with Crippen molar-refractivity contribution in [3.05, 3.63) is 54.1 Å². The summed E-state index contributed by atoms with van der Waals surface area (Å²) in [6.07, 6.45) is 1.19. The number of pyridine rings is 1. The van der Waals surface area contributed by atoms with E-state index >= 15 is 0 Å². The first-order chi connectivity index (χ1) is 13.1. The normalized spacial score (nSPS) is 11.2. The summed E-state index contributed by atoms with van der Waals surface area (Å²) >= 11 is 0. The topological polar surface area (TPSA) is 55.1 Å². The zero-order chi connectivity index (χ0) is 20.9. The van der Waals surface area contributed by atoms with Crippen LogP contribution in [0.15, 0.2) is 42.7 Å². The predicted octanol–water partition coefficient (Wildman–Crippen LogP) is 5.58. The van der Waals surface area contributed by atoms with Crippen LogP contribution in [0.3, 0.4) is 0 Å². The first-order valence-corrected chi connectivity index (χ1v) is 8.65. The summed E-state index contributed by atoms with van der Waals surface area (Å²) in [6, 6.07) is 9.39. The Balaban J connectivity index is 0.000000345. The third-order valence-electron chi connectivity index (χ3n) is 4.11. The highest BCUT2D eigenvalue weighted by molar-refractivity contribution is 5.81. The van der Waals surface area contributed by atoms with Crippen LogP contribution in [0.4, 0.5) is 17.6 Å². The Morgan fingerprint density at radius 1 is 1.18 bits per heavy atom. The van der Waals surface area contributed by atoms with Crippen molar-refractivity contribution in [3.63, 3.8) is 0 Å². The zero-order valence-corrected chi connectivity index (χ0v) is 15.4. The van der Waals surface area contributed by atoms with Crippen LogP contribution in [-0.2, 0) is 11.3 Å². The van der Waals surface area contributed by atoms with Gasteiger partial charge in [0.15, 0.2) is 0 Å². The second-order valence-corrected chi connectivity index (χ2v) is 6.26. The lowest BCUT2D eigenvalue weighted by Gasteiger charge is -2.07. The smallest absolute Gasteiger partial charge is 0.475 e. The van der Waals surface area contributed by atoms with Crippen molar-refractivity contribution in [2.24, 2.45) is 0 Å². The van der Waals surface area contributed by atoms with Gasteiger partial charge in [-0.3, -0.25) is 4.98 Å². The van der Waals surface area contributed by atoms with Gasteiger partial charge in [0.1, 0.15) is 5.82 Å². The quantitative estimate of drug-likeness (QED) is 0.586. The van der Waals surface area contributed by atoms with Crippen LogP contribution >= 0.6 is 0 Å². The van der Waals surface area contributed by atoms with Gasteiger partial charge in [0, 0.05) is 24.5 Å². The Morgan fingerprint density at radius 3 is 2.43 bits per heavy atom. The van der Waals surface area contributed by atoms with Gasteiger partial charge in [-0.2, -0.15) is 13.2 Å². The molecular weight excluding hydrogens is 376 g/mol. The van der Waals surface area contributed by atoms with Gasteiger partial charge < -0.3 is 9.67 Å². The van der Waals surface area contributed by atoms with Crippen molar-refractivity contribution in [3.8, 4) is 11.1 Å². The number of carboxylic acid groups (broad SMARTS) is 1. The second-order valence-electron chi connectivity index (χ2n) is 6.26. The fraction of sp³-hybridized carbons (Fsp3) is 0.300. The van der Waals surface area contributed by atoms with Crippen LogP contribution in [0.5, 0.6) is 0 Å². The molecule has 2 aromatic heterocycles. The molecule has 0 aliphatic carbocycles. The molecule has 1 aromatic carbocycles. The maximum Gasteiger partial charge on any atom is 0.490 e. The number of unbranched alkanes of at least 4 members (excludes halogenated alkanes) is 1. The van der Waals surface area contributed by atoms with Gasteiger partial charge in [-0.1, -0.05) is 19.4 Å². The number of benzene rings is 1. The molecule has 0 aliphatic heterocycles. The van der Waals surface area contributed by atoms with Crippen LogP contribution < -0.4 is 0 Å². The molecule has 0 fully saturated rings. The van der Waals surface area contributed by atoms with E-state index in [9.17, 15) is 17.6 Å². The number of aryl methyl sites for hydroxylation is 2. The van der Waals surface area contributed by atoms with Gasteiger partial charge >= 0.3 is 12.1 Å². The van der Waals surface area contributed by atoms with E-state index in [4.69, 9.17) is 9.90 Å². The van der Waals surface area contributed by atoms with E-state index in [2.05, 4.69) is 28.7 Å². The predicted molar refractivity (Wildman–Crippen MR) is 98.5 cm³/mol. The number of nitrogens with zero attached hydrogens (tertiary/aromatic N) is 2. The molecule has 0 spiro atoms. The number of carboxylic acids is 1. The molecule has 0 unspecified atom stereocenters. The molecule has 8 heteroatoms. The summed E-state index contributed by atoms with van der Waals surface area (Å²) in [5.41, 5.74) is 4.85. The molecule has 0 amide bonds. The lowest BCUT2D eigenvalue weighted by Crippen LogP contribution is -2.21. The third-order valence-corrected chi connectivity index (χ3v) is 4.11. The first kappa shape index (κ1) is 21.4. The monoisotopic (exact) mass is 396 g/mol. The van der Waals surface area contributed by atoms with E-state index in [0.717, 1.165) is 35.1 Å². The highest BCUT2D eigenvalue weighted by Gasteiger charge is 2.38. The van der Waals surface area contributed by atoms with Gasteiger partial charge in [-0.05, 0) is 48.7 Å². The average molecular weight is 396 g/mol. The van der Waals surface area contributed by atoms with E-state index < -0.39 is 12.1 Å². The molecule has 0 radical (unpaired) electrons. The number of rotatable bonds is 4. The molecule has 0 saturated heterocycles. The Hall–Kier alpha value is -2.90. The lowest BCUT2D eigenvalue weighted by molar-refractivity contribution is -0.192. The minimum absolute atomic E-state index is 0.167. The molecule has 150 valence electrons. The third kappa shape index (κ3) is 5.31. The highest BCUT2D eigenvalue weighted by atomic mass is 19.4. The number of aliphatic carboxylic acids is 1. The van der Waals surface area contributed by atoms with Gasteiger partial charge in [-0.25, -0.2) is 9.18 Å². The minimum Gasteiger partial charge on any atom is -0.475 e. The van der Waals surface area contributed by atoms with Crippen LogP contribution in [0, 0.1) is 12.7 Å². The molecule has 2 heterocycles. The van der Waals surface area contributed by atoms with Crippen molar-refractivity contribution in [1.29, 1.82) is 0 Å². The van der Waals surface area contributed by atoms with Gasteiger partial charge in [0.25, 0.3) is 0 Å². The molecular formula is C20H20F4N2O2. The molecule has 0 bridgehead atoms. The Kier molecular flexibility index (Phi) is 6.77. The van der Waals surface area contributed by atoms with Crippen molar-refractivity contribution in [1.82, 2.24) is 9.55 Å². The summed E-state index contributed by atoms with van der Waals surface area (Å²) in [4.78, 5) is 13.4. The minimum atomic E-state index is -5.08. The number of fused-ring (bicyclic) bond motifs is 1. The number of hydrogen-bond acceptors (Lipinski definition) is 2. The average Bonchev–Trinajstić information content (AvgIpc) is 3.04. The molecule has 28 heavy (non-hydrogen) atoms. The second kappa shape index (κ2) is 8.86. The molecule has 3 aromatic rings. The Morgan fingerprint density at radius 2 is 1.86 bits per heavy atom. The van der Waals surface area contributed by atoms with Gasteiger partial charge in [0.2, 0.25) is 0 Å². The summed E-state index contributed by atoms with van der Waals surface area (Å²) in [7, 11) is 0. The number of alkyl halides is 3. The number of carbonyl (C=O) groups is 1. The van der Waals surface area contributed by atoms with Crippen LogP contribution in [0.2, 0.25) is 0 Å². The van der Waals surface area contributed by atoms with Crippen molar-refractivity contribution >= 4 is 17.0 Å². The summed E-state index contributed by atoms with van der Waals surface area (Å²) < 4.78 is 47.4. The van der Waals surface area contributed by atoms with Crippen LogP contribution in [-0.4, -0.2) is 26.8 Å². The maximum atomic E-state index is 13.4. The fourth-order valence-corrected chi connectivity index (χ4v) is 2.57.